The summed E-state index contributed by atoms with van der Waals surface area (Å²) in [5.74, 6) is -18.8. The maximum Gasteiger partial charge on any atom is 0.245 e. The molecule has 2 heterocycles. The van der Waals surface area contributed by atoms with Crippen LogP contribution >= 0.6 is 0 Å². The molecule has 0 saturated carbocycles. The number of rotatable bonds is 54. The fraction of sp³-hybridized carbons (Fsp3) is 0.505. The molecule has 1 fully saturated rings. The lowest BCUT2D eigenvalue weighted by Gasteiger charge is -2.28. The van der Waals surface area contributed by atoms with E-state index in [4.69, 9.17) is 17.2 Å². The Hall–Kier alpha value is -14.2. The van der Waals surface area contributed by atoms with Gasteiger partial charge in [0.25, 0.3) is 0 Å². The summed E-state index contributed by atoms with van der Waals surface area (Å²) in [5.41, 5.74) is 19.5. The number of primary amides is 2. The van der Waals surface area contributed by atoms with Gasteiger partial charge in [-0.3, -0.25) is 91.1 Å². The van der Waals surface area contributed by atoms with Gasteiger partial charge >= 0.3 is 0 Å². The number of amides is 19. The number of benzene rings is 4. The lowest BCUT2D eigenvalue weighted by molar-refractivity contribution is -0.140. The molecule has 1 saturated heterocycles. The number of aromatic amines is 1. The Kier molecular flexibility index (Phi) is 43.9. The molecule has 135 heavy (non-hydrogen) atoms. The molecule has 5 aromatic rings. The highest BCUT2D eigenvalue weighted by molar-refractivity contribution is 6.02. The molecule has 1 aliphatic rings. The summed E-state index contributed by atoms with van der Waals surface area (Å²) in [4.78, 5) is 264. The van der Waals surface area contributed by atoms with Crippen LogP contribution in [0.5, 0.6) is 11.5 Å². The van der Waals surface area contributed by atoms with E-state index in [2.05, 4.69) is 90.1 Å². The zero-order valence-electron chi connectivity index (χ0n) is 77.2. The number of hydrogen-bond acceptors (Lipinski definition) is 24. The average Bonchev–Trinajstić information content (AvgIpc) is 1.69. The van der Waals surface area contributed by atoms with Gasteiger partial charge in [0, 0.05) is 49.3 Å². The van der Waals surface area contributed by atoms with Crippen molar-refractivity contribution in [2.24, 2.45) is 40.9 Å². The van der Waals surface area contributed by atoms with E-state index in [1.807, 2.05) is 13.8 Å². The van der Waals surface area contributed by atoms with Crippen LogP contribution in [-0.2, 0) is 117 Å². The van der Waals surface area contributed by atoms with E-state index in [9.17, 15) is 112 Å². The van der Waals surface area contributed by atoms with Crippen LogP contribution in [0.25, 0.3) is 10.9 Å². The zero-order chi connectivity index (χ0) is 100. The highest BCUT2D eigenvalue weighted by atomic mass is 16.3. The Morgan fingerprint density at radius 1 is 0.400 bits per heavy atom. The standard InChI is InChI=1S/C91H129N21O23/c1-47(2)31-61(79(94)123)104-85(129)66(35-53-17-12-11-13-18-53)102-75(120)43-96-74(119)42-98-82(126)65(36-54-22-26-57(115)27-23-54)108-90(134)71-21-16-30-112(71)77(122)45-99-81(125)62(32-48(3)4)105-83(127)63(33-49(5)6)106-86(130)67(37-55-24-28-58(116)29-25-55)103-76(121)44-97-80(124)51(9)100-89(133)70(46-113)110-87(131)69(39-72(93)117)107-84(128)64(34-50(7)8)109-91(135)78(52(10)114)111-88(132)68(101-73(118)40-92)38-56-41-95-60-20-15-14-19-59(56)60/h11-15,17-20,22-29,41,47-52,61-71,78,95,113-116H,16,21,30-40,42-46,92H2,1-10H3,(H2,93,117)(H2,94,123)(H,96,119)(H,97,124)(H,98,126)(H,99,125)(H,100,133)(H,101,118)(H,102,120)(H,103,121)(H,104,129)(H,105,127)(H,106,130)(H,107,128)(H,108,134)(H,109,135)(H,110,131)(H,111,132)/t51-,52+,61-,62-,63-,64-,65-,66-,67-,68-,69-,70-,71-,78-/m0/s1. The van der Waals surface area contributed by atoms with Crippen LogP contribution in [0.1, 0.15) is 136 Å². The van der Waals surface area contributed by atoms with Gasteiger partial charge in [-0.25, -0.2) is 0 Å². The van der Waals surface area contributed by atoms with Crippen molar-refractivity contribution in [3.05, 3.63) is 132 Å². The number of aromatic hydroxyl groups is 2. The van der Waals surface area contributed by atoms with E-state index in [1.54, 1.807) is 102 Å². The minimum absolute atomic E-state index is 0.00394. The van der Waals surface area contributed by atoms with Gasteiger partial charge < -0.3 is 133 Å². The number of carbonyl (C=O) groups excluding carboxylic acids is 19. The number of hydrogen-bond donors (Lipinski definition) is 24. The molecule has 0 unspecified atom stereocenters. The number of nitrogens with one attached hydrogen (secondary N) is 17. The third-order valence-corrected chi connectivity index (χ3v) is 21.5. The zero-order valence-corrected chi connectivity index (χ0v) is 77.2. The molecule has 0 radical (unpaired) electrons. The normalized spacial score (nSPS) is 15.2. The van der Waals surface area contributed by atoms with Gasteiger partial charge in [-0.2, -0.15) is 0 Å². The van der Waals surface area contributed by atoms with Crippen molar-refractivity contribution in [3.63, 3.8) is 0 Å². The van der Waals surface area contributed by atoms with E-state index in [-0.39, 0.29) is 99.5 Å². The van der Waals surface area contributed by atoms with E-state index < -0.39 is 243 Å². The minimum atomic E-state index is -1.90. The first kappa shape index (κ1) is 110. The summed E-state index contributed by atoms with van der Waals surface area (Å²) in [6.45, 7) is 11.8. The van der Waals surface area contributed by atoms with Crippen LogP contribution in [0.4, 0.5) is 0 Å². The van der Waals surface area contributed by atoms with Crippen molar-refractivity contribution >= 4 is 123 Å². The maximum absolute atomic E-state index is 14.5. The molecule has 0 aliphatic carbocycles. The smallest absolute Gasteiger partial charge is 0.245 e. The Balaban J connectivity index is 1.05. The third kappa shape index (κ3) is 37.1. The minimum Gasteiger partial charge on any atom is -0.508 e. The Morgan fingerprint density at radius 2 is 0.800 bits per heavy atom. The lowest BCUT2D eigenvalue weighted by atomic mass is 9.99. The summed E-state index contributed by atoms with van der Waals surface area (Å²) in [5, 5.41) is 81.7. The fourth-order valence-corrected chi connectivity index (χ4v) is 14.6. The van der Waals surface area contributed by atoms with Gasteiger partial charge in [0.05, 0.1) is 51.9 Å². The summed E-state index contributed by atoms with van der Waals surface area (Å²) in [7, 11) is 0. The van der Waals surface area contributed by atoms with E-state index >= 15 is 0 Å². The van der Waals surface area contributed by atoms with Crippen molar-refractivity contribution in [1.29, 1.82) is 0 Å². The van der Waals surface area contributed by atoms with Crippen LogP contribution in [0, 0.1) is 23.7 Å². The topological polar surface area (TPSA) is 695 Å². The molecule has 14 atom stereocenters. The van der Waals surface area contributed by atoms with Crippen molar-refractivity contribution in [2.75, 3.05) is 45.9 Å². The Morgan fingerprint density at radius 3 is 1.31 bits per heavy atom. The molecule has 0 spiro atoms. The first-order valence-corrected chi connectivity index (χ1v) is 44.5. The molecule has 1 aliphatic heterocycles. The number of nitrogens with two attached hydrogens (primary N) is 3. The van der Waals surface area contributed by atoms with E-state index in [0.29, 0.717) is 28.7 Å². The number of aromatic nitrogens is 1. The molecule has 27 N–H and O–H groups in total. The second kappa shape index (κ2) is 54.1. The highest BCUT2D eigenvalue weighted by Gasteiger charge is 2.41. The third-order valence-electron chi connectivity index (χ3n) is 21.5. The van der Waals surface area contributed by atoms with Gasteiger partial charge in [-0.15, -0.1) is 0 Å². The number of aliphatic hydroxyl groups excluding tert-OH is 2. The number of fused-ring (bicyclic) bond motifs is 1. The molecule has 6 rings (SSSR count). The van der Waals surface area contributed by atoms with Crippen LogP contribution in [-0.4, -0.2) is 273 Å². The maximum atomic E-state index is 14.5. The van der Waals surface area contributed by atoms with Crippen molar-refractivity contribution in [3.8, 4) is 11.5 Å². The first-order chi connectivity index (χ1) is 63.8. The van der Waals surface area contributed by atoms with Gasteiger partial charge in [-0.05, 0) is 129 Å². The van der Waals surface area contributed by atoms with Crippen LogP contribution in [0.15, 0.2) is 109 Å². The Bertz CT molecular complexity index is 4960. The molecular weight excluding hydrogens is 1760 g/mol. The highest BCUT2D eigenvalue weighted by Crippen LogP contribution is 2.23. The summed E-state index contributed by atoms with van der Waals surface area (Å²) in [6, 6.07) is 7.95. The number of phenols is 2. The second-order valence-corrected chi connectivity index (χ2v) is 34.9. The number of phenolic OH excluding ortho intramolecular Hbond substituents is 2. The SMILES string of the molecule is CC(C)C[C@H](NC(=O)[C@H](Cc1ccccc1)NC(=O)CNC(=O)CNC(=O)[C@H](Cc1ccc(O)cc1)NC(=O)[C@@H]1CCCN1C(=O)CNC(=O)[C@H](CC(C)C)NC(=O)[C@H](CC(C)C)NC(=O)[C@H](Cc1ccc(O)cc1)NC(=O)CNC(=O)[C@H](C)NC(=O)[C@H](CO)NC(=O)[C@H](CC(N)=O)NC(=O)[C@H](CC(C)C)NC(=O)[C@@H](NC(=O)[C@H](Cc1c[nH]c2ccccc12)NC(=O)CN)[C@@H](C)O)C(N)=O. The predicted molar refractivity (Wildman–Crippen MR) is 490 cm³/mol. The van der Waals surface area contributed by atoms with Crippen LogP contribution in [0.2, 0.25) is 0 Å². The molecule has 44 heteroatoms. The number of H-pyrrole nitrogens is 1. The number of carbonyl (C=O) groups is 19. The van der Waals surface area contributed by atoms with Gasteiger partial charge in [0.2, 0.25) is 112 Å². The molecule has 19 amide bonds. The predicted octanol–water partition coefficient (Wildman–Crippen LogP) is -4.98. The van der Waals surface area contributed by atoms with Crippen molar-refractivity contribution in [2.45, 2.75) is 225 Å². The van der Waals surface area contributed by atoms with Crippen LogP contribution < -0.4 is 102 Å². The summed E-state index contributed by atoms with van der Waals surface area (Å²) in [6.07, 6.45) is -0.974. The number of para-hydroxylation sites is 1. The Labute approximate surface area is 780 Å². The number of likely N-dealkylation sites (tertiary alicyclic amines) is 1. The molecular formula is C91H129N21O23. The second-order valence-electron chi connectivity index (χ2n) is 34.9. The van der Waals surface area contributed by atoms with Gasteiger partial charge in [0.1, 0.15) is 90.0 Å². The first-order valence-electron chi connectivity index (χ1n) is 44.5. The van der Waals surface area contributed by atoms with E-state index in [1.165, 1.54) is 60.4 Å². The lowest BCUT2D eigenvalue weighted by Crippen LogP contribution is -2.62. The average molecular weight is 1890 g/mol. The van der Waals surface area contributed by atoms with Crippen molar-refractivity contribution < 1.29 is 112 Å². The van der Waals surface area contributed by atoms with Crippen molar-refractivity contribution in [1.82, 2.24) is 95.0 Å². The monoisotopic (exact) mass is 1880 g/mol. The molecule has 4 aromatic carbocycles. The van der Waals surface area contributed by atoms with Crippen LogP contribution in [0.3, 0.4) is 0 Å². The largest absolute Gasteiger partial charge is 0.508 e. The number of nitrogens with zero attached hydrogens (tertiary/aromatic N) is 1. The van der Waals surface area contributed by atoms with E-state index in [0.717, 1.165) is 17.8 Å². The molecule has 736 valence electrons. The summed E-state index contributed by atoms with van der Waals surface area (Å²) < 4.78 is 0. The quantitative estimate of drug-likeness (QED) is 0.0173. The summed E-state index contributed by atoms with van der Waals surface area (Å²) >= 11 is 0. The molecule has 1 aromatic heterocycles. The van der Waals surface area contributed by atoms with Gasteiger partial charge in [-0.1, -0.05) is 128 Å². The molecule has 0 bridgehead atoms. The number of aliphatic hydroxyl groups is 2. The van der Waals surface area contributed by atoms with Gasteiger partial charge in [0.15, 0.2) is 0 Å². The fourth-order valence-electron chi connectivity index (χ4n) is 14.6. The molecule has 44 nitrogen and oxygen atoms in total.